The van der Waals surface area contributed by atoms with E-state index in [2.05, 4.69) is 10.4 Å². The van der Waals surface area contributed by atoms with Gasteiger partial charge in [-0.25, -0.2) is 21.5 Å². The molecule has 180 valence electrons. The second-order valence-electron chi connectivity index (χ2n) is 9.09. The molecule has 2 fully saturated rings. The fourth-order valence-electron chi connectivity index (χ4n) is 4.47. The van der Waals surface area contributed by atoms with Crippen LogP contribution in [0.3, 0.4) is 0 Å². The summed E-state index contributed by atoms with van der Waals surface area (Å²) in [5.41, 5.74) is 2.66. The minimum atomic E-state index is -3.60. The molecule has 1 aromatic heterocycles. The summed E-state index contributed by atoms with van der Waals surface area (Å²) in [4.78, 5) is 13.2. The van der Waals surface area contributed by atoms with Crippen LogP contribution in [0.1, 0.15) is 42.1 Å². The number of hydrogen-bond donors (Lipinski definition) is 1. The zero-order chi connectivity index (χ0) is 24.0. The Kier molecular flexibility index (Phi) is 6.41. The maximum atomic E-state index is 13.0. The van der Waals surface area contributed by atoms with Crippen LogP contribution in [0, 0.1) is 26.7 Å². The first-order valence-electron chi connectivity index (χ1n) is 11.1. The monoisotopic (exact) mass is 494 g/mol. The number of aryl methyl sites for hydroxylation is 3. The number of carbonyl (C=O) groups is 1. The van der Waals surface area contributed by atoms with Gasteiger partial charge in [-0.2, -0.15) is 9.40 Å². The average Bonchev–Trinajstić information content (AvgIpc) is 3.31. The predicted molar refractivity (Wildman–Crippen MR) is 125 cm³/mol. The molecule has 0 saturated carbocycles. The lowest BCUT2D eigenvalue weighted by Gasteiger charge is -2.30. The second kappa shape index (κ2) is 8.84. The van der Waals surface area contributed by atoms with Gasteiger partial charge < -0.3 is 5.32 Å². The van der Waals surface area contributed by atoms with Crippen LogP contribution in [0.15, 0.2) is 29.2 Å². The maximum Gasteiger partial charge on any atom is 0.243 e. The van der Waals surface area contributed by atoms with Crippen LogP contribution in [0.5, 0.6) is 0 Å². The highest BCUT2D eigenvalue weighted by atomic mass is 32.2. The zero-order valence-corrected chi connectivity index (χ0v) is 20.7. The Morgan fingerprint density at radius 2 is 1.76 bits per heavy atom. The molecule has 1 amide bonds. The molecule has 0 spiro atoms. The van der Waals surface area contributed by atoms with Crippen LogP contribution in [0.25, 0.3) is 0 Å². The third kappa shape index (κ3) is 4.99. The molecule has 2 aromatic rings. The van der Waals surface area contributed by atoms with Crippen LogP contribution in [0.2, 0.25) is 0 Å². The number of benzene rings is 1. The minimum Gasteiger partial charge on any atom is -0.311 e. The molecular formula is C22H30N4O5S2. The number of nitrogens with zero attached hydrogens (tertiary/aromatic N) is 3. The molecule has 9 nitrogen and oxygen atoms in total. The Bertz CT molecular complexity index is 1280. The van der Waals surface area contributed by atoms with E-state index in [0.717, 1.165) is 11.1 Å². The quantitative estimate of drug-likeness (QED) is 0.681. The van der Waals surface area contributed by atoms with Crippen molar-refractivity contribution in [1.82, 2.24) is 14.1 Å². The van der Waals surface area contributed by atoms with Gasteiger partial charge in [0.05, 0.1) is 28.1 Å². The van der Waals surface area contributed by atoms with E-state index in [1.807, 2.05) is 19.9 Å². The average molecular weight is 495 g/mol. The molecule has 33 heavy (non-hydrogen) atoms. The Labute approximate surface area is 195 Å². The number of nitrogens with one attached hydrogen (secondary N) is 1. The predicted octanol–water partition coefficient (Wildman–Crippen LogP) is 2.21. The summed E-state index contributed by atoms with van der Waals surface area (Å²) in [7, 11) is -6.69. The van der Waals surface area contributed by atoms with E-state index in [4.69, 9.17) is 0 Å². The molecule has 1 N–H and O–H groups in total. The maximum absolute atomic E-state index is 13.0. The fraction of sp³-hybridized carbons (Fsp3) is 0.545. The Morgan fingerprint density at radius 1 is 1.06 bits per heavy atom. The lowest BCUT2D eigenvalue weighted by atomic mass is 9.97. The highest BCUT2D eigenvalue weighted by molar-refractivity contribution is 7.91. The lowest BCUT2D eigenvalue weighted by molar-refractivity contribution is -0.121. The van der Waals surface area contributed by atoms with Crippen LogP contribution >= 0.6 is 0 Å². The molecule has 2 saturated heterocycles. The van der Waals surface area contributed by atoms with Gasteiger partial charge >= 0.3 is 0 Å². The van der Waals surface area contributed by atoms with Crippen LogP contribution in [-0.4, -0.2) is 61.4 Å². The van der Waals surface area contributed by atoms with Gasteiger partial charge in [0.25, 0.3) is 0 Å². The number of amides is 1. The van der Waals surface area contributed by atoms with Gasteiger partial charge in [0.2, 0.25) is 15.9 Å². The number of aromatic nitrogens is 2. The van der Waals surface area contributed by atoms with Crippen molar-refractivity contribution in [3.8, 4) is 0 Å². The van der Waals surface area contributed by atoms with Gasteiger partial charge in [0.15, 0.2) is 9.84 Å². The number of sulfone groups is 1. The molecule has 2 aliphatic rings. The first kappa shape index (κ1) is 23.9. The summed E-state index contributed by atoms with van der Waals surface area (Å²) in [6, 6.07) is 6.58. The molecule has 1 aromatic carbocycles. The topological polar surface area (TPSA) is 118 Å². The van der Waals surface area contributed by atoms with E-state index in [9.17, 15) is 21.6 Å². The van der Waals surface area contributed by atoms with Crippen molar-refractivity contribution in [2.24, 2.45) is 5.92 Å². The number of anilines is 1. The van der Waals surface area contributed by atoms with Crippen molar-refractivity contribution < 1.29 is 21.6 Å². The van der Waals surface area contributed by atoms with Crippen molar-refractivity contribution in [3.63, 3.8) is 0 Å². The highest BCUT2D eigenvalue weighted by Gasteiger charge is 2.34. The Balaban J connectivity index is 1.41. The van der Waals surface area contributed by atoms with Gasteiger partial charge in [-0.3, -0.25) is 4.79 Å². The molecule has 1 unspecified atom stereocenters. The van der Waals surface area contributed by atoms with E-state index in [1.54, 1.807) is 29.8 Å². The third-order valence-electron chi connectivity index (χ3n) is 6.60. The summed E-state index contributed by atoms with van der Waals surface area (Å²) in [6.45, 7) is 6.16. The van der Waals surface area contributed by atoms with E-state index in [1.165, 1.54) is 4.31 Å². The van der Waals surface area contributed by atoms with Crippen molar-refractivity contribution in [2.45, 2.75) is 51.0 Å². The molecule has 4 rings (SSSR count). The van der Waals surface area contributed by atoms with Gasteiger partial charge in [0, 0.05) is 25.1 Å². The Hall–Kier alpha value is -2.24. The summed E-state index contributed by atoms with van der Waals surface area (Å²) in [6.07, 6.45) is 1.31. The van der Waals surface area contributed by atoms with E-state index < -0.39 is 19.9 Å². The summed E-state index contributed by atoms with van der Waals surface area (Å²) in [5.74, 6) is 0.112. The largest absolute Gasteiger partial charge is 0.311 e. The third-order valence-corrected chi connectivity index (χ3v) is 10.2. The zero-order valence-electron chi connectivity index (χ0n) is 19.1. The standard InChI is InChI=1S/C22H30N4O5S2/c1-15-4-5-20(12-16(15)2)33(30,31)25-9-6-18(7-10-25)22(27)23-21-13-17(3)24-26(21)19-8-11-32(28,29)14-19/h4-5,12-13,18-19H,6-11,14H2,1-3H3,(H,23,27). The van der Waals surface area contributed by atoms with Crippen molar-refractivity contribution >= 4 is 31.6 Å². The molecule has 2 aliphatic heterocycles. The molecule has 11 heteroatoms. The number of hydrogen-bond acceptors (Lipinski definition) is 6. The normalized spacial score (nSPS) is 21.8. The molecular weight excluding hydrogens is 464 g/mol. The molecule has 1 atom stereocenters. The molecule has 0 radical (unpaired) electrons. The first-order valence-corrected chi connectivity index (χ1v) is 14.4. The Morgan fingerprint density at radius 3 is 2.36 bits per heavy atom. The van der Waals surface area contributed by atoms with E-state index in [-0.39, 0.29) is 47.4 Å². The number of rotatable bonds is 5. The van der Waals surface area contributed by atoms with Gasteiger partial charge in [-0.15, -0.1) is 0 Å². The highest BCUT2D eigenvalue weighted by Crippen LogP contribution is 2.29. The summed E-state index contributed by atoms with van der Waals surface area (Å²) >= 11 is 0. The van der Waals surface area contributed by atoms with Crippen LogP contribution < -0.4 is 5.32 Å². The minimum absolute atomic E-state index is 0.0196. The first-order chi connectivity index (χ1) is 15.5. The van der Waals surface area contributed by atoms with Crippen LogP contribution in [0.4, 0.5) is 5.82 Å². The van der Waals surface area contributed by atoms with E-state index >= 15 is 0 Å². The number of piperidine rings is 1. The molecule has 0 aliphatic carbocycles. The van der Waals surface area contributed by atoms with Crippen molar-refractivity contribution in [3.05, 3.63) is 41.1 Å². The second-order valence-corrected chi connectivity index (χ2v) is 13.3. The van der Waals surface area contributed by atoms with Gasteiger partial charge in [0.1, 0.15) is 5.82 Å². The summed E-state index contributed by atoms with van der Waals surface area (Å²) < 4.78 is 52.8. The number of sulfonamides is 1. The SMILES string of the molecule is Cc1cc(NC(=O)C2CCN(S(=O)(=O)c3ccc(C)c(C)c3)CC2)n(C2CCS(=O)(=O)C2)n1. The lowest BCUT2D eigenvalue weighted by Crippen LogP contribution is -2.41. The molecule has 0 bridgehead atoms. The van der Waals surface area contributed by atoms with Crippen molar-refractivity contribution in [2.75, 3.05) is 29.9 Å². The smallest absolute Gasteiger partial charge is 0.243 e. The summed E-state index contributed by atoms with van der Waals surface area (Å²) in [5, 5.41) is 7.30. The number of carbonyl (C=O) groups excluding carboxylic acids is 1. The van der Waals surface area contributed by atoms with Crippen LogP contribution in [-0.2, 0) is 24.7 Å². The van der Waals surface area contributed by atoms with E-state index in [0.29, 0.717) is 30.8 Å². The van der Waals surface area contributed by atoms with Gasteiger partial charge in [-0.1, -0.05) is 6.07 Å². The van der Waals surface area contributed by atoms with Gasteiger partial charge in [-0.05, 0) is 63.3 Å². The fourth-order valence-corrected chi connectivity index (χ4v) is 7.71. The molecule has 3 heterocycles. The van der Waals surface area contributed by atoms with Crippen molar-refractivity contribution in [1.29, 1.82) is 0 Å².